The Kier molecular flexibility index (Phi) is 4.46. The zero-order valence-electron chi connectivity index (χ0n) is 12.5. The van der Waals surface area contributed by atoms with E-state index in [1.54, 1.807) is 31.2 Å². The number of aromatic carboxylic acids is 1. The van der Waals surface area contributed by atoms with Gasteiger partial charge >= 0.3 is 5.97 Å². The van der Waals surface area contributed by atoms with Crippen LogP contribution < -0.4 is 9.47 Å². The summed E-state index contributed by atoms with van der Waals surface area (Å²) < 4.78 is 10.5. The number of carboxylic acids is 1. The van der Waals surface area contributed by atoms with Crippen LogP contribution in [0.25, 0.3) is 0 Å². The molecule has 22 heavy (non-hydrogen) atoms. The van der Waals surface area contributed by atoms with E-state index in [0.29, 0.717) is 11.5 Å². The molecule has 0 heterocycles. The molecule has 1 N–H and O–H groups in total. The lowest BCUT2D eigenvalue weighted by Crippen LogP contribution is -2.11. The van der Waals surface area contributed by atoms with Crippen LogP contribution in [0.2, 0.25) is 0 Å². The Morgan fingerprint density at radius 2 is 1.59 bits per heavy atom. The largest absolute Gasteiger partial charge is 0.497 e. The average molecular weight is 300 g/mol. The van der Waals surface area contributed by atoms with Gasteiger partial charge in [-0.05, 0) is 30.7 Å². The third-order valence-corrected chi connectivity index (χ3v) is 3.33. The molecule has 0 amide bonds. The van der Waals surface area contributed by atoms with Crippen molar-refractivity contribution in [3.8, 4) is 11.5 Å². The summed E-state index contributed by atoms with van der Waals surface area (Å²) in [6, 6.07) is 9.38. The van der Waals surface area contributed by atoms with E-state index >= 15 is 0 Å². The molecule has 0 atom stereocenters. The number of ether oxygens (including phenoxy) is 2. The van der Waals surface area contributed by atoms with E-state index in [2.05, 4.69) is 0 Å². The molecule has 0 aliphatic rings. The van der Waals surface area contributed by atoms with Gasteiger partial charge < -0.3 is 14.6 Å². The van der Waals surface area contributed by atoms with E-state index in [1.165, 1.54) is 26.4 Å². The number of ketones is 1. The first kappa shape index (κ1) is 15.6. The molecule has 0 unspecified atom stereocenters. The van der Waals surface area contributed by atoms with Gasteiger partial charge in [0.05, 0.1) is 25.3 Å². The summed E-state index contributed by atoms with van der Waals surface area (Å²) in [6.45, 7) is 1.79. The number of benzene rings is 2. The summed E-state index contributed by atoms with van der Waals surface area (Å²) in [4.78, 5) is 24.1. The Labute approximate surface area is 128 Å². The molecular weight excluding hydrogens is 284 g/mol. The van der Waals surface area contributed by atoms with Crippen LogP contribution in [0.5, 0.6) is 11.5 Å². The van der Waals surface area contributed by atoms with Crippen LogP contribution in [0.4, 0.5) is 0 Å². The molecule has 0 fully saturated rings. The van der Waals surface area contributed by atoms with Crippen LogP contribution in [0.15, 0.2) is 36.4 Å². The third kappa shape index (κ3) is 2.79. The highest BCUT2D eigenvalue weighted by Gasteiger charge is 2.22. The zero-order chi connectivity index (χ0) is 16.3. The quantitative estimate of drug-likeness (QED) is 0.859. The van der Waals surface area contributed by atoms with Gasteiger partial charge in [-0.3, -0.25) is 4.79 Å². The lowest BCUT2D eigenvalue weighted by atomic mass is 9.96. The molecule has 2 rings (SSSR count). The van der Waals surface area contributed by atoms with Crippen molar-refractivity contribution in [2.75, 3.05) is 14.2 Å². The molecule has 2 aromatic carbocycles. The normalized spacial score (nSPS) is 10.1. The van der Waals surface area contributed by atoms with E-state index in [4.69, 9.17) is 9.47 Å². The van der Waals surface area contributed by atoms with Crippen LogP contribution in [0.3, 0.4) is 0 Å². The minimum atomic E-state index is -1.15. The molecule has 0 aromatic heterocycles. The fraction of sp³-hybridized carbons (Fsp3) is 0.176. The minimum absolute atomic E-state index is 0.0463. The van der Waals surface area contributed by atoms with Crippen molar-refractivity contribution in [1.82, 2.24) is 0 Å². The third-order valence-electron chi connectivity index (χ3n) is 3.33. The summed E-state index contributed by atoms with van der Waals surface area (Å²) in [7, 11) is 2.97. The standard InChI is InChI=1S/C17H16O5/c1-10-8-11(21-2)9-14(16(10)22-3)15(18)12-6-4-5-7-13(12)17(19)20/h4-9H,1-3H3,(H,19,20). The van der Waals surface area contributed by atoms with Crippen LogP contribution in [-0.2, 0) is 0 Å². The van der Waals surface area contributed by atoms with Gasteiger partial charge in [-0.2, -0.15) is 0 Å². The molecule has 5 nitrogen and oxygen atoms in total. The Bertz CT molecular complexity index is 734. The molecule has 0 bridgehead atoms. The number of carboxylic acid groups (broad SMARTS) is 1. The number of hydrogen-bond acceptors (Lipinski definition) is 4. The fourth-order valence-corrected chi connectivity index (χ4v) is 2.31. The highest BCUT2D eigenvalue weighted by atomic mass is 16.5. The van der Waals surface area contributed by atoms with Crippen molar-refractivity contribution in [3.05, 3.63) is 58.7 Å². The second-order valence-electron chi connectivity index (χ2n) is 4.70. The van der Waals surface area contributed by atoms with E-state index in [-0.39, 0.29) is 16.7 Å². The Morgan fingerprint density at radius 3 is 2.14 bits per heavy atom. The maximum atomic E-state index is 12.8. The van der Waals surface area contributed by atoms with Crippen LogP contribution in [-0.4, -0.2) is 31.1 Å². The summed E-state index contributed by atoms with van der Waals surface area (Å²) >= 11 is 0. The molecule has 0 aliphatic heterocycles. The zero-order valence-corrected chi connectivity index (χ0v) is 12.5. The van der Waals surface area contributed by atoms with Crippen LogP contribution in [0.1, 0.15) is 31.8 Å². The first-order chi connectivity index (χ1) is 10.5. The van der Waals surface area contributed by atoms with Crippen molar-refractivity contribution in [3.63, 3.8) is 0 Å². The maximum Gasteiger partial charge on any atom is 0.336 e. The highest BCUT2D eigenvalue weighted by Crippen LogP contribution is 2.31. The predicted molar refractivity (Wildman–Crippen MR) is 81.1 cm³/mol. The van der Waals surface area contributed by atoms with Gasteiger partial charge in [0.2, 0.25) is 0 Å². The molecule has 0 aliphatic carbocycles. The number of aryl methyl sites for hydroxylation is 1. The topological polar surface area (TPSA) is 72.8 Å². The lowest BCUT2D eigenvalue weighted by Gasteiger charge is -2.13. The summed E-state index contributed by atoms with van der Waals surface area (Å²) in [5.41, 5.74) is 1.07. The molecule has 5 heteroatoms. The van der Waals surface area contributed by atoms with Gasteiger partial charge in [-0.15, -0.1) is 0 Å². The van der Waals surface area contributed by atoms with E-state index in [1.807, 2.05) is 0 Å². The molecule has 114 valence electrons. The van der Waals surface area contributed by atoms with Crippen molar-refractivity contribution in [1.29, 1.82) is 0 Å². The molecule has 0 spiro atoms. The summed E-state index contributed by atoms with van der Waals surface area (Å²) in [6.07, 6.45) is 0. The SMILES string of the molecule is COc1cc(C)c(OC)c(C(=O)c2ccccc2C(=O)O)c1. The Balaban J connectivity index is 2.64. The minimum Gasteiger partial charge on any atom is -0.497 e. The fourth-order valence-electron chi connectivity index (χ4n) is 2.31. The van der Waals surface area contributed by atoms with Crippen molar-refractivity contribution >= 4 is 11.8 Å². The van der Waals surface area contributed by atoms with Gasteiger partial charge in [-0.1, -0.05) is 18.2 Å². The summed E-state index contributed by atoms with van der Waals surface area (Å²) in [5, 5.41) is 9.24. The van der Waals surface area contributed by atoms with Crippen molar-refractivity contribution in [2.24, 2.45) is 0 Å². The first-order valence-corrected chi connectivity index (χ1v) is 6.59. The summed E-state index contributed by atoms with van der Waals surface area (Å²) in [5.74, 6) is -0.653. The second-order valence-corrected chi connectivity index (χ2v) is 4.70. The van der Waals surface area contributed by atoms with Gasteiger partial charge in [0, 0.05) is 5.56 Å². The van der Waals surface area contributed by atoms with Crippen molar-refractivity contribution in [2.45, 2.75) is 6.92 Å². The van der Waals surface area contributed by atoms with Gasteiger partial charge in [-0.25, -0.2) is 4.79 Å². The van der Waals surface area contributed by atoms with Gasteiger partial charge in [0.1, 0.15) is 11.5 Å². The maximum absolute atomic E-state index is 12.8. The van der Waals surface area contributed by atoms with E-state index in [9.17, 15) is 14.7 Å². The predicted octanol–water partition coefficient (Wildman–Crippen LogP) is 2.94. The average Bonchev–Trinajstić information content (AvgIpc) is 2.53. The number of carbonyl (C=O) groups excluding carboxylic acids is 1. The van der Waals surface area contributed by atoms with Gasteiger partial charge in [0.25, 0.3) is 0 Å². The molecule has 0 radical (unpaired) electrons. The number of hydrogen-bond donors (Lipinski definition) is 1. The van der Waals surface area contributed by atoms with E-state index in [0.717, 1.165) is 5.56 Å². The van der Waals surface area contributed by atoms with Crippen LogP contribution >= 0.6 is 0 Å². The monoisotopic (exact) mass is 300 g/mol. The van der Waals surface area contributed by atoms with E-state index < -0.39 is 11.8 Å². The Morgan fingerprint density at radius 1 is 0.955 bits per heavy atom. The number of carbonyl (C=O) groups is 2. The smallest absolute Gasteiger partial charge is 0.336 e. The van der Waals surface area contributed by atoms with Gasteiger partial charge in [0.15, 0.2) is 5.78 Å². The lowest BCUT2D eigenvalue weighted by molar-refractivity contribution is 0.0692. The molecule has 0 saturated carbocycles. The van der Waals surface area contributed by atoms with Crippen LogP contribution in [0, 0.1) is 6.92 Å². The number of rotatable bonds is 5. The Hall–Kier alpha value is -2.82. The molecule has 0 saturated heterocycles. The molecular formula is C17H16O5. The highest BCUT2D eigenvalue weighted by molar-refractivity contribution is 6.15. The number of methoxy groups -OCH3 is 2. The van der Waals surface area contributed by atoms with Crippen molar-refractivity contribution < 1.29 is 24.2 Å². The molecule has 2 aromatic rings. The second kappa shape index (κ2) is 6.30. The first-order valence-electron chi connectivity index (χ1n) is 6.59.